The van der Waals surface area contributed by atoms with Gasteiger partial charge < -0.3 is 29.1 Å². The first kappa shape index (κ1) is 30.4. The summed E-state index contributed by atoms with van der Waals surface area (Å²) in [5, 5.41) is 6.63. The lowest BCUT2D eigenvalue weighted by molar-refractivity contribution is -0.0656. The Morgan fingerprint density at radius 2 is 1.87 bits per heavy atom. The Hall–Kier alpha value is -4.65. The molecule has 1 fully saturated rings. The molecule has 13 heteroatoms. The fraction of sp³-hybridized carbons (Fsp3) is 0.375. The van der Waals surface area contributed by atoms with E-state index in [1.165, 1.54) is 6.20 Å². The number of halogens is 3. The van der Waals surface area contributed by atoms with Crippen LogP contribution < -0.4 is 15.5 Å². The van der Waals surface area contributed by atoms with Crippen molar-refractivity contribution in [2.24, 2.45) is 5.16 Å². The number of rotatable bonds is 8. The number of benzene rings is 2. The van der Waals surface area contributed by atoms with Crippen LogP contribution in [0, 0.1) is 17.5 Å². The second kappa shape index (κ2) is 12.0. The Labute approximate surface area is 256 Å². The Morgan fingerprint density at radius 3 is 2.58 bits per heavy atom. The van der Waals surface area contributed by atoms with E-state index >= 15 is 0 Å². The molecule has 1 N–H and O–H groups in total. The van der Waals surface area contributed by atoms with Crippen LogP contribution in [0.2, 0.25) is 0 Å². The van der Waals surface area contributed by atoms with Gasteiger partial charge in [-0.25, -0.2) is 13.2 Å². The lowest BCUT2D eigenvalue weighted by Crippen LogP contribution is -2.52. The van der Waals surface area contributed by atoms with Crippen molar-refractivity contribution < 1.29 is 37.1 Å². The molecule has 0 saturated carbocycles. The third-order valence-corrected chi connectivity index (χ3v) is 8.66. The number of aromatic nitrogens is 1. The number of methoxy groups -OCH3 is 1. The lowest BCUT2D eigenvalue weighted by Gasteiger charge is -2.42. The maximum absolute atomic E-state index is 14.3. The number of carbonyl (C=O) groups is 2. The molecule has 1 saturated heterocycles. The molecule has 2 amide bonds. The van der Waals surface area contributed by atoms with Crippen molar-refractivity contribution in [1.82, 2.24) is 14.8 Å². The maximum atomic E-state index is 14.3. The number of hydrogen-bond donors (Lipinski definition) is 1. The zero-order valence-electron chi connectivity index (χ0n) is 24.6. The highest BCUT2D eigenvalue weighted by Crippen LogP contribution is 2.46. The standard InChI is InChI=1S/C32H31F3N4O6/c1-18-8-9-32(12-21(17-43-2)37-45-32)26-15-38(18)31(42)27-29(44-16-19-6-4-3-5-7-19)28(40)23(14-39(26)27)30(41)36-13-22-24(34)10-20(33)11-25(22)35/h3-7,10-11,14,18,26H,8-9,12-13,15-17H2,1-2H3,(H,36,41)/t18-,26+,32-/m0/s1. The van der Waals surface area contributed by atoms with Gasteiger partial charge in [-0.1, -0.05) is 35.5 Å². The fourth-order valence-corrected chi connectivity index (χ4v) is 6.28. The minimum absolute atomic E-state index is 0.0312. The zero-order valence-corrected chi connectivity index (χ0v) is 24.6. The summed E-state index contributed by atoms with van der Waals surface area (Å²) < 4.78 is 54.9. The van der Waals surface area contributed by atoms with Gasteiger partial charge in [-0.2, -0.15) is 0 Å². The van der Waals surface area contributed by atoms with E-state index in [2.05, 4.69) is 10.5 Å². The third kappa shape index (κ3) is 5.56. The number of hydrogen-bond acceptors (Lipinski definition) is 7. The molecular weight excluding hydrogens is 593 g/mol. The van der Waals surface area contributed by atoms with Gasteiger partial charge in [0, 0.05) is 56.6 Å². The van der Waals surface area contributed by atoms with E-state index in [-0.39, 0.29) is 37.2 Å². The smallest absolute Gasteiger partial charge is 0.274 e. The van der Waals surface area contributed by atoms with Crippen LogP contribution in [0.25, 0.3) is 0 Å². The molecule has 236 valence electrons. The van der Waals surface area contributed by atoms with E-state index in [9.17, 15) is 27.6 Å². The lowest BCUT2D eigenvalue weighted by atomic mass is 9.84. The second-order valence-corrected chi connectivity index (χ2v) is 11.5. The van der Waals surface area contributed by atoms with E-state index in [4.69, 9.17) is 14.3 Å². The summed E-state index contributed by atoms with van der Waals surface area (Å²) in [5.41, 5.74) is -1.39. The molecule has 3 atom stereocenters. The van der Waals surface area contributed by atoms with E-state index in [0.717, 1.165) is 5.56 Å². The number of ether oxygens (including phenoxy) is 2. The fourth-order valence-electron chi connectivity index (χ4n) is 6.28. The normalized spacial score (nSPS) is 22.0. The van der Waals surface area contributed by atoms with Gasteiger partial charge in [0.2, 0.25) is 5.43 Å². The van der Waals surface area contributed by atoms with Gasteiger partial charge in [0.15, 0.2) is 17.0 Å². The van der Waals surface area contributed by atoms with Crippen molar-refractivity contribution in [3.8, 4) is 5.75 Å². The molecule has 4 heterocycles. The summed E-state index contributed by atoms with van der Waals surface area (Å²) in [6.45, 7) is 1.66. The molecule has 1 spiro atoms. The molecule has 45 heavy (non-hydrogen) atoms. The van der Waals surface area contributed by atoms with Gasteiger partial charge in [0.1, 0.15) is 29.6 Å². The van der Waals surface area contributed by atoms with E-state index in [1.807, 2.05) is 13.0 Å². The predicted molar refractivity (Wildman–Crippen MR) is 155 cm³/mol. The van der Waals surface area contributed by atoms with Gasteiger partial charge >= 0.3 is 0 Å². The Kier molecular flexibility index (Phi) is 8.12. The largest absolute Gasteiger partial charge is 0.483 e. The van der Waals surface area contributed by atoms with Gasteiger partial charge in [-0.15, -0.1) is 0 Å². The zero-order chi connectivity index (χ0) is 31.9. The average Bonchev–Trinajstić information content (AvgIpc) is 3.37. The van der Waals surface area contributed by atoms with Gasteiger partial charge in [0.05, 0.1) is 18.4 Å². The SMILES string of the molecule is COCC1=NO[C@@]2(CC[C@H](C)N3C[C@H]2n2cc(C(=O)NCc4c(F)cc(F)cc4F)c(=O)c(OCc4ccccc4)c2C3=O)C1. The van der Waals surface area contributed by atoms with Crippen LogP contribution in [-0.4, -0.2) is 58.9 Å². The topological polar surface area (TPSA) is 111 Å². The first-order valence-corrected chi connectivity index (χ1v) is 14.5. The average molecular weight is 625 g/mol. The van der Waals surface area contributed by atoms with Crippen molar-refractivity contribution in [2.75, 3.05) is 20.3 Å². The number of amides is 2. The van der Waals surface area contributed by atoms with Crippen molar-refractivity contribution in [3.05, 3.63) is 98.7 Å². The molecule has 0 radical (unpaired) electrons. The van der Waals surface area contributed by atoms with E-state index in [0.29, 0.717) is 37.1 Å². The molecule has 2 bridgehead atoms. The Balaban J connectivity index is 1.45. The quantitative estimate of drug-likeness (QED) is 0.404. The first-order chi connectivity index (χ1) is 21.6. The number of carbonyl (C=O) groups excluding carboxylic acids is 2. The molecule has 1 aromatic heterocycles. The molecule has 3 aliphatic heterocycles. The minimum Gasteiger partial charge on any atom is -0.483 e. The summed E-state index contributed by atoms with van der Waals surface area (Å²) in [6.07, 6.45) is 2.79. The summed E-state index contributed by atoms with van der Waals surface area (Å²) >= 11 is 0. The predicted octanol–water partition coefficient (Wildman–Crippen LogP) is 4.12. The van der Waals surface area contributed by atoms with Crippen molar-refractivity contribution in [3.63, 3.8) is 0 Å². The highest BCUT2D eigenvalue weighted by Gasteiger charge is 2.54. The van der Waals surface area contributed by atoms with E-state index < -0.39 is 64.0 Å². The monoisotopic (exact) mass is 624 g/mol. The third-order valence-electron chi connectivity index (χ3n) is 8.66. The number of nitrogens with zero attached hydrogens (tertiary/aromatic N) is 3. The van der Waals surface area contributed by atoms with Gasteiger partial charge in [-0.3, -0.25) is 14.4 Å². The highest BCUT2D eigenvalue weighted by atomic mass is 19.1. The van der Waals surface area contributed by atoms with Crippen molar-refractivity contribution >= 4 is 17.5 Å². The van der Waals surface area contributed by atoms with Gasteiger partial charge in [0.25, 0.3) is 11.8 Å². The molecule has 6 rings (SSSR count). The van der Waals surface area contributed by atoms with E-state index in [1.54, 1.807) is 40.8 Å². The summed E-state index contributed by atoms with van der Waals surface area (Å²) in [4.78, 5) is 49.3. The van der Waals surface area contributed by atoms with Crippen LogP contribution in [0.1, 0.15) is 64.2 Å². The summed E-state index contributed by atoms with van der Waals surface area (Å²) in [5.74, 6) is -5.21. The number of oxime groups is 1. The van der Waals surface area contributed by atoms with Crippen molar-refractivity contribution in [2.45, 2.75) is 57.0 Å². The molecule has 3 aliphatic rings. The number of pyridine rings is 1. The van der Waals surface area contributed by atoms with Crippen LogP contribution >= 0.6 is 0 Å². The first-order valence-electron chi connectivity index (χ1n) is 14.5. The Bertz CT molecular complexity index is 1720. The molecule has 3 aromatic rings. The molecule has 0 aliphatic carbocycles. The molecular formula is C32H31F3N4O6. The van der Waals surface area contributed by atoms with Crippen LogP contribution in [-0.2, 0) is 22.7 Å². The van der Waals surface area contributed by atoms with Crippen LogP contribution in [0.5, 0.6) is 5.75 Å². The summed E-state index contributed by atoms with van der Waals surface area (Å²) in [7, 11) is 1.55. The van der Waals surface area contributed by atoms with Crippen LogP contribution in [0.4, 0.5) is 13.2 Å². The van der Waals surface area contributed by atoms with Gasteiger partial charge in [-0.05, 0) is 25.3 Å². The molecule has 0 unspecified atom stereocenters. The minimum atomic E-state index is -1.19. The van der Waals surface area contributed by atoms with Crippen LogP contribution in [0.15, 0.2) is 58.6 Å². The maximum Gasteiger partial charge on any atom is 0.274 e. The molecule has 2 aromatic carbocycles. The second-order valence-electron chi connectivity index (χ2n) is 11.5. The van der Waals surface area contributed by atoms with Crippen molar-refractivity contribution in [1.29, 1.82) is 0 Å². The molecule has 10 nitrogen and oxygen atoms in total. The number of fused-ring (bicyclic) bond motifs is 5. The summed E-state index contributed by atoms with van der Waals surface area (Å²) in [6, 6.07) is 9.22. The number of nitrogens with one attached hydrogen (secondary N) is 1. The highest BCUT2D eigenvalue weighted by molar-refractivity contribution is 5.99. The van der Waals surface area contributed by atoms with Crippen LogP contribution in [0.3, 0.4) is 0 Å². The Morgan fingerprint density at radius 1 is 1.13 bits per heavy atom.